The highest BCUT2D eigenvalue weighted by Gasteiger charge is 2.22. The average molecular weight is 574 g/mol. The molecule has 0 heterocycles. The summed E-state index contributed by atoms with van der Waals surface area (Å²) in [6.07, 6.45) is 0.192. The Kier molecular flexibility index (Phi) is 7.89. The van der Waals surface area contributed by atoms with Crippen molar-refractivity contribution in [3.63, 3.8) is 0 Å². The molecule has 0 unspecified atom stereocenters. The predicted molar refractivity (Wildman–Crippen MR) is 146 cm³/mol. The minimum Gasteiger partial charge on any atom is -0.505 e. The quantitative estimate of drug-likeness (QED) is 0.156. The summed E-state index contributed by atoms with van der Waals surface area (Å²) >= 11 is 12.4. The highest BCUT2D eigenvalue weighted by molar-refractivity contribution is 7.85. The molecule has 4 aromatic carbocycles. The molecule has 1 amide bonds. The number of rotatable bonds is 7. The third-order valence-electron chi connectivity index (χ3n) is 5.71. The number of methoxy groups -OCH3 is 1. The summed E-state index contributed by atoms with van der Waals surface area (Å²) in [4.78, 5) is 12.8. The normalized spacial score (nSPS) is 11.7. The zero-order chi connectivity index (χ0) is 27.6. The summed E-state index contributed by atoms with van der Waals surface area (Å²) < 4.78 is 38.6. The van der Waals surface area contributed by atoms with Crippen molar-refractivity contribution >= 4 is 67.1 Å². The van der Waals surface area contributed by atoms with Gasteiger partial charge in [-0.3, -0.25) is 9.35 Å². The van der Waals surface area contributed by atoms with Crippen molar-refractivity contribution in [2.45, 2.75) is 18.2 Å². The minimum absolute atomic E-state index is 0.0150. The van der Waals surface area contributed by atoms with Crippen LogP contribution in [0.15, 0.2) is 75.8 Å². The van der Waals surface area contributed by atoms with Crippen molar-refractivity contribution in [1.29, 1.82) is 0 Å². The number of carbonyl (C=O) groups is 1. The Labute approximate surface area is 228 Å². The molecule has 12 heteroatoms. The van der Waals surface area contributed by atoms with E-state index in [1.165, 1.54) is 19.2 Å². The van der Waals surface area contributed by atoms with Gasteiger partial charge in [0.05, 0.1) is 24.0 Å². The van der Waals surface area contributed by atoms with Crippen LogP contribution in [0.1, 0.15) is 22.8 Å². The number of hydrogen-bond donors (Lipinski definition) is 3. The molecule has 0 aliphatic heterocycles. The molecule has 9 nitrogen and oxygen atoms in total. The van der Waals surface area contributed by atoms with Crippen LogP contribution in [-0.4, -0.2) is 31.1 Å². The maximum absolute atomic E-state index is 13.2. The molecule has 3 N–H and O–H groups in total. The van der Waals surface area contributed by atoms with Gasteiger partial charge in [0.25, 0.3) is 16.0 Å². The van der Waals surface area contributed by atoms with E-state index in [2.05, 4.69) is 15.5 Å². The number of benzene rings is 4. The highest BCUT2D eigenvalue weighted by Crippen LogP contribution is 2.41. The predicted octanol–water partition coefficient (Wildman–Crippen LogP) is 7.34. The third kappa shape index (κ3) is 5.44. The number of nitrogens with one attached hydrogen (secondary N) is 1. The first kappa shape index (κ1) is 27.3. The number of amides is 1. The van der Waals surface area contributed by atoms with Gasteiger partial charge in [0.15, 0.2) is 5.75 Å². The van der Waals surface area contributed by atoms with E-state index in [-0.39, 0.29) is 49.6 Å². The first-order chi connectivity index (χ1) is 18.0. The topological polar surface area (TPSA) is 138 Å². The van der Waals surface area contributed by atoms with Crippen molar-refractivity contribution < 1.29 is 27.6 Å². The molecule has 0 radical (unpaired) electrons. The summed E-state index contributed by atoms with van der Waals surface area (Å²) in [5, 5.41) is 23.4. The lowest BCUT2D eigenvalue weighted by atomic mass is 10.0. The fourth-order valence-corrected chi connectivity index (χ4v) is 5.29. The van der Waals surface area contributed by atoms with E-state index in [1.807, 2.05) is 0 Å². The fraction of sp³-hybridized carbons (Fsp3) is 0.115. The molecular formula is C26H21Cl2N3O6S. The van der Waals surface area contributed by atoms with Gasteiger partial charge in [-0.05, 0) is 42.1 Å². The SMILES string of the molecule is CCc1c(N=Nc2c(O)c(C(=O)Nc3cccc(OC)c3Cl)cc3ccccc23)cc(Cl)cc1S(=O)(=O)O. The highest BCUT2D eigenvalue weighted by atomic mass is 35.5. The van der Waals surface area contributed by atoms with Gasteiger partial charge in [-0.25, -0.2) is 0 Å². The molecule has 0 bridgehead atoms. The van der Waals surface area contributed by atoms with Crippen molar-refractivity contribution in [3.8, 4) is 11.5 Å². The number of ether oxygens (including phenoxy) is 1. The smallest absolute Gasteiger partial charge is 0.294 e. The molecule has 0 saturated carbocycles. The van der Waals surface area contributed by atoms with Gasteiger partial charge < -0.3 is 15.2 Å². The van der Waals surface area contributed by atoms with Crippen LogP contribution in [0.2, 0.25) is 10.0 Å². The maximum Gasteiger partial charge on any atom is 0.294 e. The number of aromatic hydroxyl groups is 1. The largest absolute Gasteiger partial charge is 0.505 e. The van der Waals surface area contributed by atoms with E-state index in [9.17, 15) is 22.9 Å². The second-order valence-corrected chi connectivity index (χ2v) is 10.3. The first-order valence-electron chi connectivity index (χ1n) is 11.1. The van der Waals surface area contributed by atoms with Crippen molar-refractivity contribution in [2.75, 3.05) is 12.4 Å². The number of phenols is 1. The standard InChI is InChI=1S/C26H21Cl2N3O6S/c1-3-16-20(12-15(27)13-22(16)38(34,35)36)30-31-24-17-8-5-4-7-14(17)11-18(25(24)32)26(33)29-19-9-6-10-21(37-2)23(19)28/h4-13,32H,3H2,1-2H3,(H,29,33)(H,34,35,36). The van der Waals surface area contributed by atoms with Crippen LogP contribution >= 0.6 is 23.2 Å². The molecule has 0 fully saturated rings. The van der Waals surface area contributed by atoms with Gasteiger partial charge in [0.1, 0.15) is 21.4 Å². The summed E-state index contributed by atoms with van der Waals surface area (Å²) in [6, 6.07) is 15.8. The zero-order valence-electron chi connectivity index (χ0n) is 20.1. The molecule has 196 valence electrons. The summed E-state index contributed by atoms with van der Waals surface area (Å²) in [6.45, 7) is 1.68. The second kappa shape index (κ2) is 11.0. The summed E-state index contributed by atoms with van der Waals surface area (Å²) in [5.74, 6) is -0.760. The molecule has 0 spiro atoms. The van der Waals surface area contributed by atoms with Crippen LogP contribution in [0.3, 0.4) is 0 Å². The lowest BCUT2D eigenvalue weighted by molar-refractivity contribution is 0.102. The zero-order valence-corrected chi connectivity index (χ0v) is 22.4. The lowest BCUT2D eigenvalue weighted by Crippen LogP contribution is -2.12. The number of hydrogen-bond acceptors (Lipinski definition) is 7. The van der Waals surface area contributed by atoms with Crippen LogP contribution in [-0.2, 0) is 16.5 Å². The Morgan fingerprint density at radius 2 is 1.79 bits per heavy atom. The van der Waals surface area contributed by atoms with E-state index < -0.39 is 21.8 Å². The molecule has 0 atom stereocenters. The molecule has 0 aromatic heterocycles. The van der Waals surface area contributed by atoms with E-state index in [0.717, 1.165) is 6.07 Å². The number of halogens is 2. The van der Waals surface area contributed by atoms with E-state index in [0.29, 0.717) is 16.5 Å². The van der Waals surface area contributed by atoms with Crippen LogP contribution in [0.4, 0.5) is 17.1 Å². The Hall–Kier alpha value is -3.70. The average Bonchev–Trinajstić information content (AvgIpc) is 2.88. The van der Waals surface area contributed by atoms with Crippen LogP contribution < -0.4 is 10.1 Å². The molecule has 0 aliphatic rings. The first-order valence-corrected chi connectivity index (χ1v) is 13.3. The van der Waals surface area contributed by atoms with E-state index in [1.54, 1.807) is 49.4 Å². The van der Waals surface area contributed by atoms with Gasteiger partial charge in [-0.2, -0.15) is 13.5 Å². The van der Waals surface area contributed by atoms with E-state index in [4.69, 9.17) is 27.9 Å². The van der Waals surface area contributed by atoms with Crippen molar-refractivity contribution in [1.82, 2.24) is 0 Å². The van der Waals surface area contributed by atoms with Gasteiger partial charge in [0, 0.05) is 16.0 Å². The number of azo groups is 1. The number of fused-ring (bicyclic) bond motifs is 1. The Bertz CT molecular complexity index is 1710. The number of anilines is 1. The van der Waals surface area contributed by atoms with Gasteiger partial charge in [-0.1, -0.05) is 60.5 Å². The Morgan fingerprint density at radius 1 is 1.05 bits per heavy atom. The molecule has 0 aliphatic carbocycles. The minimum atomic E-state index is -4.58. The van der Waals surface area contributed by atoms with Crippen molar-refractivity contribution in [3.05, 3.63) is 81.8 Å². The van der Waals surface area contributed by atoms with Gasteiger partial charge in [-0.15, -0.1) is 5.11 Å². The van der Waals surface area contributed by atoms with Gasteiger partial charge >= 0.3 is 0 Å². The monoisotopic (exact) mass is 573 g/mol. The van der Waals surface area contributed by atoms with E-state index >= 15 is 0 Å². The second-order valence-electron chi connectivity index (χ2n) is 8.05. The lowest BCUT2D eigenvalue weighted by Gasteiger charge is -2.13. The third-order valence-corrected chi connectivity index (χ3v) is 7.24. The Balaban J connectivity index is 1.84. The van der Waals surface area contributed by atoms with Crippen LogP contribution in [0, 0.1) is 0 Å². The number of nitrogens with zero attached hydrogens (tertiary/aromatic N) is 2. The fourth-order valence-electron chi connectivity index (χ4n) is 3.92. The maximum atomic E-state index is 13.2. The number of phenolic OH excluding ortho intramolecular Hbond substituents is 1. The molecule has 4 rings (SSSR count). The molecule has 4 aromatic rings. The van der Waals surface area contributed by atoms with Crippen LogP contribution in [0.5, 0.6) is 11.5 Å². The van der Waals surface area contributed by atoms with Crippen molar-refractivity contribution in [2.24, 2.45) is 10.2 Å². The Morgan fingerprint density at radius 3 is 2.47 bits per heavy atom. The summed E-state index contributed by atoms with van der Waals surface area (Å²) in [7, 11) is -3.13. The summed E-state index contributed by atoms with van der Waals surface area (Å²) in [5.41, 5.74) is 0.411. The molecule has 0 saturated heterocycles. The molecular weight excluding hydrogens is 553 g/mol. The molecule has 38 heavy (non-hydrogen) atoms. The number of carbonyl (C=O) groups excluding carboxylic acids is 1. The van der Waals surface area contributed by atoms with Gasteiger partial charge in [0.2, 0.25) is 0 Å². The van der Waals surface area contributed by atoms with Crippen LogP contribution in [0.25, 0.3) is 10.8 Å².